The van der Waals surface area contributed by atoms with Gasteiger partial charge in [0.15, 0.2) is 37.4 Å². The molecule has 594 valence electrons. The number of carbonyl (C=O) groups excluding carboxylic acids is 3. The number of ether oxygens (including phenoxy) is 18. The molecule has 0 aliphatic carbocycles. The van der Waals surface area contributed by atoms with E-state index in [0.717, 1.165) is 44.5 Å². The zero-order valence-electron chi connectivity index (χ0n) is 64.2. The number of rotatable bonds is 40. The monoisotopic (exact) mass is 1530 g/mol. The minimum Gasteiger partial charge on any atom is -0.454 e. The fraction of sp³-hybridized carbons (Fsp3) is 0.418. The Kier molecular flexibility index (Phi) is 31.9. The third kappa shape index (κ3) is 24.0. The Morgan fingerprint density at radius 2 is 0.643 bits per heavy atom. The van der Waals surface area contributed by atoms with Crippen molar-refractivity contribution in [2.45, 2.75) is 217 Å². The maximum absolute atomic E-state index is 15.2. The summed E-state index contributed by atoms with van der Waals surface area (Å²) in [5.74, 6) is -2.53. The molecule has 0 spiro atoms. The lowest BCUT2D eigenvalue weighted by Crippen LogP contribution is -2.68. The van der Waals surface area contributed by atoms with E-state index in [1.807, 2.05) is 263 Å². The van der Waals surface area contributed by atoms with E-state index in [2.05, 4.69) is 6.58 Å². The molecule has 0 N–H and O–H groups in total. The molecule has 0 amide bonds. The first-order chi connectivity index (χ1) is 54.8. The molecular weight excluding hydrogens is 1430 g/mol. The Morgan fingerprint density at radius 3 is 1.04 bits per heavy atom. The van der Waals surface area contributed by atoms with Crippen molar-refractivity contribution in [3.05, 3.63) is 300 Å². The van der Waals surface area contributed by atoms with Crippen molar-refractivity contribution in [1.82, 2.24) is 0 Å². The van der Waals surface area contributed by atoms with Crippen LogP contribution in [0.1, 0.15) is 92.0 Å². The van der Waals surface area contributed by atoms with E-state index in [0.29, 0.717) is 0 Å². The molecule has 8 aromatic rings. The van der Waals surface area contributed by atoms with Crippen LogP contribution in [0.3, 0.4) is 0 Å². The smallest absolute Gasteiger partial charge is 0.306 e. The highest BCUT2D eigenvalue weighted by Crippen LogP contribution is 2.42. The first-order valence-electron chi connectivity index (χ1n) is 38.6. The van der Waals surface area contributed by atoms with E-state index >= 15 is 4.79 Å². The molecule has 21 heteroatoms. The highest BCUT2D eigenvalue weighted by molar-refractivity contribution is 5.81. The molecule has 0 bridgehead atoms. The Labute approximate surface area is 656 Å². The van der Waals surface area contributed by atoms with Gasteiger partial charge in [-0.2, -0.15) is 0 Å². The second-order valence-electron chi connectivity index (χ2n) is 28.6. The van der Waals surface area contributed by atoms with Crippen LogP contribution in [0.15, 0.2) is 255 Å². The number of esters is 2. The van der Waals surface area contributed by atoms with E-state index in [4.69, 9.17) is 85.3 Å². The van der Waals surface area contributed by atoms with Crippen molar-refractivity contribution >= 4 is 17.7 Å². The maximum Gasteiger partial charge on any atom is 0.306 e. The van der Waals surface area contributed by atoms with Gasteiger partial charge >= 0.3 is 11.9 Å². The minimum atomic E-state index is -1.63. The minimum absolute atomic E-state index is 0.0167. The number of benzene rings is 8. The van der Waals surface area contributed by atoms with Gasteiger partial charge in [-0.25, -0.2) is 0 Å². The summed E-state index contributed by atoms with van der Waals surface area (Å²) < 4.78 is 127. The lowest BCUT2D eigenvalue weighted by atomic mass is 9.88. The molecule has 4 heterocycles. The number of Topliss-reactive ketones (excluding diaryl/α,β-unsaturated/α-hetero) is 1. The quantitative estimate of drug-likeness (QED) is 0.0257. The van der Waals surface area contributed by atoms with Crippen LogP contribution in [0.2, 0.25) is 0 Å². The Hall–Kier alpha value is -8.53. The van der Waals surface area contributed by atoms with Crippen LogP contribution in [-0.2, 0) is 153 Å². The lowest BCUT2D eigenvalue weighted by Gasteiger charge is -2.52. The molecule has 8 aromatic carbocycles. The lowest BCUT2D eigenvalue weighted by molar-refractivity contribution is -0.398. The zero-order chi connectivity index (χ0) is 77.8. The van der Waals surface area contributed by atoms with Crippen molar-refractivity contribution in [3.63, 3.8) is 0 Å². The zero-order valence-corrected chi connectivity index (χ0v) is 64.2. The van der Waals surface area contributed by atoms with Crippen molar-refractivity contribution < 1.29 is 99.6 Å². The van der Waals surface area contributed by atoms with Crippen LogP contribution in [0, 0.1) is 5.92 Å². The second kappa shape index (κ2) is 43.1. The predicted molar refractivity (Wildman–Crippen MR) is 414 cm³/mol. The fourth-order valence-corrected chi connectivity index (χ4v) is 14.4. The van der Waals surface area contributed by atoms with Crippen LogP contribution in [0.4, 0.5) is 0 Å². The van der Waals surface area contributed by atoms with Crippen molar-refractivity contribution in [2.75, 3.05) is 19.8 Å². The van der Waals surface area contributed by atoms with Crippen molar-refractivity contribution in [3.8, 4) is 0 Å². The topological polar surface area (TPSA) is 217 Å². The van der Waals surface area contributed by atoms with Gasteiger partial charge in [-0.3, -0.25) is 9.59 Å². The number of carbonyl (C=O) groups is 3. The van der Waals surface area contributed by atoms with Crippen LogP contribution >= 0.6 is 0 Å². The molecule has 4 fully saturated rings. The third-order valence-corrected chi connectivity index (χ3v) is 20.0. The average Bonchev–Trinajstić information content (AvgIpc) is 0.763. The average molecular weight is 1530 g/mol. The van der Waals surface area contributed by atoms with Crippen molar-refractivity contribution in [2.24, 2.45) is 5.92 Å². The SMILES string of the molecule is C=CCO[C@@H]1O[C@@H](C)[C@H](OCc2ccccc2)[C@@H](O[C@@H]2O[C@@H](C)[C@H](OCc3ccccc3)[C@@H](COCc3ccccc3)[C@H]2O[C@@H]2O[C@@H](C)[C@H](OCc3ccccc3)[C@@H](O[C@@H]3O[C@@H](COCc4ccccc4)[C@H](OCc4ccccc4)[C@@H](OCc4ccccc4)[C@H]3OCc3ccccc3)[C@H]2OC(=O)CCC(C)=O)[C@H]1OC(C)=O. The van der Waals surface area contributed by atoms with Gasteiger partial charge in [-0.05, 0) is 72.2 Å². The van der Waals surface area contributed by atoms with Gasteiger partial charge in [-0.15, -0.1) is 6.58 Å². The van der Waals surface area contributed by atoms with Gasteiger partial charge in [0.25, 0.3) is 0 Å². The molecule has 4 aliphatic rings. The molecule has 112 heavy (non-hydrogen) atoms. The van der Waals surface area contributed by atoms with Crippen molar-refractivity contribution in [1.29, 1.82) is 0 Å². The summed E-state index contributed by atoms with van der Waals surface area (Å²) in [6.45, 7) is 13.1. The first kappa shape index (κ1) is 82.9. The molecule has 0 radical (unpaired) electrons. The highest BCUT2D eigenvalue weighted by atomic mass is 16.8. The Balaban J connectivity index is 1.00. The highest BCUT2D eigenvalue weighted by Gasteiger charge is 2.59. The number of hydrogen-bond acceptors (Lipinski definition) is 21. The van der Waals surface area contributed by atoms with Crippen LogP contribution in [0.25, 0.3) is 0 Å². The summed E-state index contributed by atoms with van der Waals surface area (Å²) >= 11 is 0. The van der Waals surface area contributed by atoms with E-state index in [1.54, 1.807) is 6.08 Å². The van der Waals surface area contributed by atoms with Crippen LogP contribution in [-0.4, -0.2) is 154 Å². The van der Waals surface area contributed by atoms with Crippen LogP contribution < -0.4 is 0 Å². The summed E-state index contributed by atoms with van der Waals surface area (Å²) in [6, 6.07) is 78.0. The largest absolute Gasteiger partial charge is 0.454 e. The van der Waals surface area contributed by atoms with Gasteiger partial charge in [0.05, 0.1) is 104 Å². The fourth-order valence-electron chi connectivity index (χ4n) is 14.4. The molecule has 4 aliphatic heterocycles. The van der Waals surface area contributed by atoms with Gasteiger partial charge < -0.3 is 90.1 Å². The Bertz CT molecular complexity index is 4040. The summed E-state index contributed by atoms with van der Waals surface area (Å²) in [5.41, 5.74) is 6.98. The van der Waals surface area contributed by atoms with E-state index < -0.39 is 135 Å². The molecule has 21 nitrogen and oxygen atoms in total. The molecule has 0 unspecified atom stereocenters. The van der Waals surface area contributed by atoms with Gasteiger partial charge in [-0.1, -0.05) is 249 Å². The van der Waals surface area contributed by atoms with Gasteiger partial charge in [0.1, 0.15) is 60.7 Å². The molecule has 0 aromatic heterocycles. The molecule has 0 saturated carbocycles. The Morgan fingerprint density at radius 1 is 0.321 bits per heavy atom. The summed E-state index contributed by atoms with van der Waals surface area (Å²) in [6.07, 6.45) is -20.9. The third-order valence-electron chi connectivity index (χ3n) is 20.0. The van der Waals surface area contributed by atoms with Crippen LogP contribution in [0.5, 0.6) is 0 Å². The summed E-state index contributed by atoms with van der Waals surface area (Å²) in [5, 5.41) is 0. The normalized spacial score (nSPS) is 27.9. The number of hydrogen-bond donors (Lipinski definition) is 0. The predicted octanol–water partition coefficient (Wildman–Crippen LogP) is 14.1. The molecular formula is C91H104O21. The molecule has 20 atom stereocenters. The number of ketones is 1. The van der Waals surface area contributed by atoms with E-state index in [-0.39, 0.29) is 91.3 Å². The second-order valence-corrected chi connectivity index (χ2v) is 28.6. The van der Waals surface area contributed by atoms with Gasteiger partial charge in [0.2, 0.25) is 0 Å². The van der Waals surface area contributed by atoms with E-state index in [1.165, 1.54) is 13.8 Å². The van der Waals surface area contributed by atoms with Gasteiger partial charge in [0, 0.05) is 19.3 Å². The summed E-state index contributed by atoms with van der Waals surface area (Å²) in [7, 11) is 0. The molecule has 4 saturated heterocycles. The van der Waals surface area contributed by atoms with E-state index in [9.17, 15) is 9.59 Å². The standard InChI is InChI=1S/C91H104O21/c1-7-50-97-88-86(107-65(6)93)83(78(63(4)104-88)99-54-69-38-22-11-23-39-69)111-89-80(74(59-95-51-66-32-16-8-17-33-66)77(62(3)105-89)98-53-68-36-20-10-21-37-68)110-91-87(109-76(94)49-48-61(2)92)84(79(64(5)106-91)100-55-70-40-24-12-25-41-70)112-90-85(103-58-73-46-30-15-31-47-73)82(102-57-72-44-28-14-29-45-72)81(101-56-71-42-26-13-27-43-71)75(108-90)60-96-52-67-34-18-9-19-35-67/h7-47,62-64,74-75,77-91H,1,48-60H2,2-6H3/t62-,63-,64-,74+,75-,77-,78-,79-,80+,81-,82+,83+,84+,85+,86+,87+,88+,89-,90-,91-/m0/s1. The molecule has 12 rings (SSSR count). The maximum atomic E-state index is 15.2. The summed E-state index contributed by atoms with van der Waals surface area (Å²) in [4.78, 5) is 41.7. The first-order valence-corrected chi connectivity index (χ1v) is 38.6.